The number of esters is 2. The Morgan fingerprint density at radius 3 is 1.55 bits per heavy atom. The maximum absolute atomic E-state index is 12.6. The van der Waals surface area contributed by atoms with E-state index in [-0.39, 0.29) is 19.6 Å². The summed E-state index contributed by atoms with van der Waals surface area (Å²) in [7, 11) is 0. The number of nitrogens with one attached hydrogen (secondary N) is 2. The molecule has 2 aromatic rings. The topological polar surface area (TPSA) is 128 Å². The number of carbonyl (C=O) groups is 5. The molecule has 2 rings (SSSR count). The molecule has 0 aliphatic heterocycles. The third kappa shape index (κ3) is 7.57. The highest BCUT2D eigenvalue weighted by atomic mass is 16.5. The van der Waals surface area contributed by atoms with Gasteiger partial charge in [-0.25, -0.2) is 9.59 Å². The molecule has 9 nitrogen and oxygen atoms in total. The van der Waals surface area contributed by atoms with Crippen molar-refractivity contribution >= 4 is 40.9 Å². The Hall–Kier alpha value is -4.01. The molecule has 0 radical (unpaired) electrons. The lowest BCUT2D eigenvalue weighted by Crippen LogP contribution is -2.32. The van der Waals surface area contributed by atoms with Crippen LogP contribution in [0.25, 0.3) is 0 Å². The smallest absolute Gasteiger partial charge is 0.338 e. The van der Waals surface area contributed by atoms with E-state index in [0.717, 1.165) is 0 Å². The van der Waals surface area contributed by atoms with Gasteiger partial charge in [0.1, 0.15) is 11.7 Å². The summed E-state index contributed by atoms with van der Waals surface area (Å²) >= 11 is 0. The van der Waals surface area contributed by atoms with Gasteiger partial charge in [-0.3, -0.25) is 14.4 Å². The van der Waals surface area contributed by atoms with Crippen molar-refractivity contribution in [3.05, 3.63) is 59.7 Å². The van der Waals surface area contributed by atoms with E-state index in [1.807, 2.05) is 0 Å². The molecule has 0 bridgehead atoms. The zero-order chi connectivity index (χ0) is 24.4. The number of hydrogen-bond acceptors (Lipinski definition) is 7. The van der Waals surface area contributed by atoms with Crippen molar-refractivity contribution in [1.29, 1.82) is 0 Å². The van der Waals surface area contributed by atoms with Crippen LogP contribution in [0.5, 0.6) is 0 Å². The molecule has 0 saturated carbocycles. The lowest BCUT2D eigenvalue weighted by molar-refractivity contribution is -0.133. The normalized spacial score (nSPS) is 11.1. The predicted molar refractivity (Wildman–Crippen MR) is 121 cm³/mol. The van der Waals surface area contributed by atoms with Gasteiger partial charge in [0.15, 0.2) is 0 Å². The minimum atomic E-state index is -1.20. The van der Waals surface area contributed by atoms with Crippen LogP contribution in [0.2, 0.25) is 0 Å². The largest absolute Gasteiger partial charge is 0.462 e. The summed E-state index contributed by atoms with van der Waals surface area (Å²) in [5.74, 6) is -3.80. The molecule has 33 heavy (non-hydrogen) atoms. The predicted octanol–water partition coefficient (Wildman–Crippen LogP) is 3.21. The summed E-state index contributed by atoms with van der Waals surface area (Å²) in [6.45, 7) is 5.13. The number of ether oxygens (including phenoxy) is 2. The number of anilines is 2. The van der Waals surface area contributed by atoms with Crippen LogP contribution in [0, 0.1) is 5.92 Å². The van der Waals surface area contributed by atoms with Crippen LogP contribution >= 0.6 is 0 Å². The third-order valence-corrected chi connectivity index (χ3v) is 4.54. The van der Waals surface area contributed by atoms with E-state index >= 15 is 0 Å². The van der Waals surface area contributed by atoms with Gasteiger partial charge in [0.2, 0.25) is 11.8 Å². The molecule has 0 spiro atoms. The van der Waals surface area contributed by atoms with E-state index < -0.39 is 35.5 Å². The molecule has 0 saturated heterocycles. The molecule has 0 heterocycles. The minimum absolute atomic E-state index is 0.245. The van der Waals surface area contributed by atoms with Crippen LogP contribution in [-0.4, -0.2) is 42.7 Å². The monoisotopic (exact) mass is 454 g/mol. The first kappa shape index (κ1) is 25.3. The van der Waals surface area contributed by atoms with E-state index in [1.54, 1.807) is 13.8 Å². The van der Waals surface area contributed by atoms with Crippen molar-refractivity contribution in [3.63, 3.8) is 0 Å². The summed E-state index contributed by atoms with van der Waals surface area (Å²) in [4.78, 5) is 60.4. The SMILES string of the molecule is CCOC(=O)c1ccc(NC(=O)CC(C(C)=O)C(=O)Nc2ccc(C(=O)OCC)cc2)cc1. The van der Waals surface area contributed by atoms with Gasteiger partial charge in [0.25, 0.3) is 0 Å². The minimum Gasteiger partial charge on any atom is -0.462 e. The van der Waals surface area contributed by atoms with E-state index in [1.165, 1.54) is 55.5 Å². The fourth-order valence-electron chi connectivity index (χ4n) is 2.86. The molecule has 1 atom stereocenters. The van der Waals surface area contributed by atoms with Crippen molar-refractivity contribution in [3.8, 4) is 0 Å². The second-order valence-corrected chi connectivity index (χ2v) is 7.00. The van der Waals surface area contributed by atoms with Gasteiger partial charge in [-0.2, -0.15) is 0 Å². The van der Waals surface area contributed by atoms with Crippen LogP contribution in [0.15, 0.2) is 48.5 Å². The van der Waals surface area contributed by atoms with Crippen molar-refractivity contribution in [1.82, 2.24) is 0 Å². The summed E-state index contributed by atoms with van der Waals surface area (Å²) < 4.78 is 9.80. The van der Waals surface area contributed by atoms with Crippen molar-refractivity contribution in [2.45, 2.75) is 27.2 Å². The standard InChI is InChI=1S/C24H26N2O7/c1-4-32-23(30)16-6-10-18(11-7-16)25-21(28)14-20(15(3)27)22(29)26-19-12-8-17(9-13-19)24(31)33-5-2/h6-13,20H,4-5,14H2,1-3H3,(H,25,28)(H,26,29). The fraction of sp³-hybridized carbons (Fsp3) is 0.292. The van der Waals surface area contributed by atoms with E-state index in [9.17, 15) is 24.0 Å². The Balaban J connectivity index is 1.98. The van der Waals surface area contributed by atoms with Gasteiger partial charge in [-0.15, -0.1) is 0 Å². The van der Waals surface area contributed by atoms with Gasteiger partial charge < -0.3 is 20.1 Å². The molecule has 0 fully saturated rings. The lowest BCUT2D eigenvalue weighted by Gasteiger charge is -2.14. The Labute approximate surface area is 191 Å². The van der Waals surface area contributed by atoms with E-state index in [4.69, 9.17) is 9.47 Å². The van der Waals surface area contributed by atoms with Crippen LogP contribution in [0.1, 0.15) is 47.9 Å². The van der Waals surface area contributed by atoms with Crippen LogP contribution in [0.3, 0.4) is 0 Å². The maximum Gasteiger partial charge on any atom is 0.338 e. The zero-order valence-electron chi connectivity index (χ0n) is 18.7. The first-order chi connectivity index (χ1) is 15.7. The summed E-state index contributed by atoms with van der Waals surface area (Å²) in [5, 5.41) is 5.18. The van der Waals surface area contributed by atoms with Gasteiger partial charge in [-0.05, 0) is 69.3 Å². The molecule has 0 aromatic heterocycles. The number of hydrogen-bond donors (Lipinski definition) is 2. The van der Waals surface area contributed by atoms with Crippen LogP contribution in [0.4, 0.5) is 11.4 Å². The number of ketones is 1. The average Bonchev–Trinajstić information content (AvgIpc) is 2.78. The molecule has 0 aliphatic carbocycles. The first-order valence-corrected chi connectivity index (χ1v) is 10.4. The number of rotatable bonds is 10. The quantitative estimate of drug-likeness (QED) is 0.417. The second-order valence-electron chi connectivity index (χ2n) is 7.00. The van der Waals surface area contributed by atoms with Gasteiger partial charge in [0.05, 0.1) is 24.3 Å². The number of benzene rings is 2. The van der Waals surface area contributed by atoms with Crippen LogP contribution < -0.4 is 10.6 Å². The molecule has 0 aliphatic rings. The highest BCUT2D eigenvalue weighted by Gasteiger charge is 2.26. The van der Waals surface area contributed by atoms with Crippen molar-refractivity contribution in [2.24, 2.45) is 5.92 Å². The molecule has 9 heteroatoms. The molecule has 1 unspecified atom stereocenters. The Kier molecular flexibility index (Phi) is 9.29. The summed E-state index contributed by atoms with van der Waals surface area (Å²) in [6, 6.07) is 12.0. The Morgan fingerprint density at radius 1 is 0.727 bits per heavy atom. The third-order valence-electron chi connectivity index (χ3n) is 4.54. The van der Waals surface area contributed by atoms with Gasteiger partial charge in [-0.1, -0.05) is 0 Å². The number of amides is 2. The Bertz CT molecular complexity index is 1010. The first-order valence-electron chi connectivity index (χ1n) is 10.4. The lowest BCUT2D eigenvalue weighted by atomic mass is 9.99. The van der Waals surface area contributed by atoms with Gasteiger partial charge >= 0.3 is 11.9 Å². The second kappa shape index (κ2) is 12.1. The van der Waals surface area contributed by atoms with E-state index in [0.29, 0.717) is 22.5 Å². The highest BCUT2D eigenvalue weighted by Crippen LogP contribution is 2.16. The van der Waals surface area contributed by atoms with Crippen molar-refractivity contribution < 1.29 is 33.4 Å². The van der Waals surface area contributed by atoms with Gasteiger partial charge in [0, 0.05) is 17.8 Å². The molecular formula is C24H26N2O7. The Morgan fingerprint density at radius 2 is 1.15 bits per heavy atom. The summed E-state index contributed by atoms with van der Waals surface area (Å²) in [5.41, 5.74) is 1.44. The molecule has 2 amide bonds. The maximum atomic E-state index is 12.6. The highest BCUT2D eigenvalue weighted by molar-refractivity contribution is 6.10. The molecular weight excluding hydrogens is 428 g/mol. The summed E-state index contributed by atoms with van der Waals surface area (Å²) in [6.07, 6.45) is -0.359. The zero-order valence-corrected chi connectivity index (χ0v) is 18.7. The molecule has 2 aromatic carbocycles. The fourth-order valence-corrected chi connectivity index (χ4v) is 2.86. The average molecular weight is 454 g/mol. The number of carbonyl (C=O) groups excluding carboxylic acids is 5. The van der Waals surface area contributed by atoms with Crippen LogP contribution in [-0.2, 0) is 23.9 Å². The molecule has 174 valence electrons. The molecule has 2 N–H and O–H groups in total. The van der Waals surface area contributed by atoms with Crippen molar-refractivity contribution in [2.75, 3.05) is 23.8 Å². The number of Topliss-reactive ketones (excluding diaryl/α,β-unsaturated/α-hetero) is 1. The van der Waals surface area contributed by atoms with E-state index in [2.05, 4.69) is 10.6 Å².